The zero-order valence-electron chi connectivity index (χ0n) is 20.4. The lowest BCUT2D eigenvalue weighted by molar-refractivity contribution is -0.124. The third-order valence-corrected chi connectivity index (χ3v) is 5.25. The van der Waals surface area contributed by atoms with Crippen LogP contribution in [0.15, 0.2) is 48.7 Å². The van der Waals surface area contributed by atoms with Crippen molar-refractivity contribution in [2.45, 2.75) is 40.2 Å². The van der Waals surface area contributed by atoms with Crippen LogP contribution in [0.2, 0.25) is 0 Å². The number of nitrogens with zero attached hydrogens (tertiary/aromatic N) is 4. The number of amides is 1. The molecule has 2 heterocycles. The number of hydrogen-bond acceptors (Lipinski definition) is 6. The maximum atomic E-state index is 12.1. The first-order valence-corrected chi connectivity index (χ1v) is 11.2. The van der Waals surface area contributed by atoms with E-state index >= 15 is 0 Å². The quantitative estimate of drug-likeness (QED) is 0.436. The molecule has 8 nitrogen and oxygen atoms in total. The molecule has 0 aliphatic rings. The van der Waals surface area contributed by atoms with Crippen LogP contribution in [0.5, 0.6) is 5.75 Å². The molecule has 8 heteroatoms. The van der Waals surface area contributed by atoms with Gasteiger partial charge in [-0.05, 0) is 70.0 Å². The van der Waals surface area contributed by atoms with Crippen molar-refractivity contribution in [1.29, 1.82) is 0 Å². The second-order valence-corrected chi connectivity index (χ2v) is 9.46. The van der Waals surface area contributed by atoms with Gasteiger partial charge in [0.25, 0.3) is 5.91 Å². The second kappa shape index (κ2) is 9.13. The Bertz CT molecular complexity index is 1350. The Kier molecular flexibility index (Phi) is 6.24. The van der Waals surface area contributed by atoms with Crippen molar-refractivity contribution in [3.05, 3.63) is 59.8 Å². The number of rotatable bonds is 6. The van der Waals surface area contributed by atoms with E-state index in [1.54, 1.807) is 4.68 Å². The van der Waals surface area contributed by atoms with Gasteiger partial charge in [-0.25, -0.2) is 9.97 Å². The van der Waals surface area contributed by atoms with Gasteiger partial charge < -0.3 is 15.4 Å². The van der Waals surface area contributed by atoms with E-state index in [0.717, 1.165) is 27.6 Å². The van der Waals surface area contributed by atoms with Gasteiger partial charge in [0.2, 0.25) is 0 Å². The summed E-state index contributed by atoms with van der Waals surface area (Å²) in [7, 11) is 1.87. The van der Waals surface area contributed by atoms with Crippen LogP contribution in [-0.4, -0.2) is 37.8 Å². The van der Waals surface area contributed by atoms with E-state index < -0.39 is 0 Å². The molecule has 1 amide bonds. The van der Waals surface area contributed by atoms with Gasteiger partial charge in [0.15, 0.2) is 18.2 Å². The molecule has 0 bridgehead atoms. The lowest BCUT2D eigenvalue weighted by Gasteiger charge is -2.20. The maximum absolute atomic E-state index is 12.1. The number of aryl methyl sites for hydroxylation is 3. The van der Waals surface area contributed by atoms with Gasteiger partial charge in [0, 0.05) is 35.8 Å². The third kappa shape index (κ3) is 5.51. The summed E-state index contributed by atoms with van der Waals surface area (Å²) in [6, 6.07) is 13.5. The monoisotopic (exact) mass is 458 g/mol. The number of anilines is 2. The number of ether oxygens (including phenoxy) is 1. The predicted molar refractivity (Wildman–Crippen MR) is 134 cm³/mol. The minimum absolute atomic E-state index is 0.0652. The Balaban J connectivity index is 1.68. The van der Waals surface area contributed by atoms with Crippen molar-refractivity contribution in [3.63, 3.8) is 0 Å². The molecule has 0 saturated carbocycles. The molecule has 2 aromatic carbocycles. The molecule has 176 valence electrons. The number of carbonyl (C=O) groups excluding carboxylic acids is 1. The zero-order chi connectivity index (χ0) is 24.5. The van der Waals surface area contributed by atoms with Crippen molar-refractivity contribution >= 4 is 28.4 Å². The number of aromatic nitrogens is 4. The molecule has 0 spiro atoms. The predicted octanol–water partition coefficient (Wildman–Crippen LogP) is 4.68. The summed E-state index contributed by atoms with van der Waals surface area (Å²) in [6.07, 6.45) is 1.87. The molecule has 0 fully saturated rings. The van der Waals surface area contributed by atoms with Crippen LogP contribution in [0, 0.1) is 13.8 Å². The smallest absolute Gasteiger partial charge is 0.258 e. The Morgan fingerprint density at radius 1 is 1.06 bits per heavy atom. The topological polar surface area (TPSA) is 94.0 Å². The molecule has 2 N–H and O–H groups in total. The Morgan fingerprint density at radius 2 is 1.82 bits per heavy atom. The Labute approximate surface area is 199 Å². The summed E-state index contributed by atoms with van der Waals surface area (Å²) in [5.74, 6) is 2.34. The summed E-state index contributed by atoms with van der Waals surface area (Å²) in [6.45, 7) is 9.88. The van der Waals surface area contributed by atoms with Gasteiger partial charge >= 0.3 is 0 Å². The van der Waals surface area contributed by atoms with Crippen LogP contribution in [0.4, 0.5) is 11.6 Å². The van der Waals surface area contributed by atoms with E-state index in [-0.39, 0.29) is 18.1 Å². The minimum atomic E-state index is -0.311. The molecule has 34 heavy (non-hydrogen) atoms. The van der Waals surface area contributed by atoms with E-state index in [2.05, 4.69) is 41.7 Å². The molecule has 0 aliphatic carbocycles. The normalized spacial score (nSPS) is 11.5. The fourth-order valence-corrected chi connectivity index (χ4v) is 3.54. The van der Waals surface area contributed by atoms with Crippen LogP contribution < -0.4 is 15.4 Å². The summed E-state index contributed by atoms with van der Waals surface area (Å²) >= 11 is 0. The fraction of sp³-hybridized carbons (Fsp3) is 0.308. The highest BCUT2D eigenvalue weighted by atomic mass is 16.5. The number of fused-ring (bicyclic) bond motifs is 1. The molecule has 0 atom stereocenters. The maximum Gasteiger partial charge on any atom is 0.258 e. The van der Waals surface area contributed by atoms with Crippen LogP contribution in [0.3, 0.4) is 0 Å². The van der Waals surface area contributed by atoms with Crippen LogP contribution in [0.25, 0.3) is 22.3 Å². The van der Waals surface area contributed by atoms with Crippen LogP contribution >= 0.6 is 0 Å². The molecule has 4 aromatic rings. The minimum Gasteiger partial charge on any atom is -0.484 e. The molecular formula is C26H30N6O2. The van der Waals surface area contributed by atoms with Crippen LogP contribution in [-0.2, 0) is 11.8 Å². The van der Waals surface area contributed by atoms with E-state index in [1.165, 1.54) is 0 Å². The van der Waals surface area contributed by atoms with Crippen LogP contribution in [0.1, 0.15) is 31.9 Å². The van der Waals surface area contributed by atoms with Gasteiger partial charge in [-0.2, -0.15) is 5.10 Å². The van der Waals surface area contributed by atoms with Crippen molar-refractivity contribution in [1.82, 2.24) is 25.1 Å². The summed E-state index contributed by atoms with van der Waals surface area (Å²) in [4.78, 5) is 21.8. The van der Waals surface area contributed by atoms with Gasteiger partial charge in [-0.3, -0.25) is 9.48 Å². The molecule has 2 aromatic heterocycles. The van der Waals surface area contributed by atoms with Crippen molar-refractivity contribution < 1.29 is 9.53 Å². The fourth-order valence-electron chi connectivity index (χ4n) is 3.54. The average molecular weight is 459 g/mol. The average Bonchev–Trinajstić information content (AvgIpc) is 3.17. The number of nitrogens with one attached hydrogen (secondary N) is 2. The summed E-state index contributed by atoms with van der Waals surface area (Å²) in [5.41, 5.74) is 3.63. The highest BCUT2D eigenvalue weighted by molar-refractivity contribution is 5.93. The lowest BCUT2D eigenvalue weighted by atomic mass is 10.1. The first-order valence-electron chi connectivity index (χ1n) is 11.2. The van der Waals surface area contributed by atoms with Gasteiger partial charge in [0.1, 0.15) is 11.6 Å². The van der Waals surface area contributed by atoms with Crippen molar-refractivity contribution in [2.75, 3.05) is 11.9 Å². The van der Waals surface area contributed by atoms with Crippen molar-refractivity contribution in [3.8, 4) is 17.1 Å². The standard InChI is InChI=1S/C26H30N6O2/c1-16-12-20-21(13-17(16)2)27-24(29-25(20)28-22-10-11-32(6)31-22)18-8-7-9-19(14-18)34-15-23(33)30-26(3,4)5/h7-14H,15H2,1-6H3,(H,30,33)(H,27,28,29,31). The summed E-state index contributed by atoms with van der Waals surface area (Å²) < 4.78 is 7.47. The van der Waals surface area contributed by atoms with E-state index in [1.807, 2.05) is 64.3 Å². The second-order valence-electron chi connectivity index (χ2n) is 9.46. The first-order chi connectivity index (χ1) is 16.1. The number of carbonyl (C=O) groups is 1. The van der Waals surface area contributed by atoms with Gasteiger partial charge in [-0.1, -0.05) is 12.1 Å². The van der Waals surface area contributed by atoms with Crippen molar-refractivity contribution in [2.24, 2.45) is 7.05 Å². The number of hydrogen-bond donors (Lipinski definition) is 2. The molecule has 0 radical (unpaired) electrons. The van der Waals surface area contributed by atoms with E-state index in [9.17, 15) is 4.79 Å². The first kappa shape index (κ1) is 23.2. The number of benzene rings is 2. The van der Waals surface area contributed by atoms with E-state index in [0.29, 0.717) is 23.2 Å². The molecule has 0 unspecified atom stereocenters. The zero-order valence-corrected chi connectivity index (χ0v) is 20.4. The molecular weight excluding hydrogens is 428 g/mol. The molecule has 0 aliphatic heterocycles. The Hall–Kier alpha value is -3.94. The summed E-state index contributed by atoms with van der Waals surface area (Å²) in [5, 5.41) is 11.6. The Morgan fingerprint density at radius 3 is 2.53 bits per heavy atom. The SMILES string of the molecule is Cc1cc2nc(-c3cccc(OCC(=O)NC(C)(C)C)c3)nc(Nc3ccn(C)n3)c2cc1C. The highest BCUT2D eigenvalue weighted by Crippen LogP contribution is 2.30. The lowest BCUT2D eigenvalue weighted by Crippen LogP contribution is -2.43. The third-order valence-electron chi connectivity index (χ3n) is 5.25. The van der Waals surface area contributed by atoms with Gasteiger partial charge in [-0.15, -0.1) is 0 Å². The van der Waals surface area contributed by atoms with Gasteiger partial charge in [0.05, 0.1) is 5.52 Å². The molecule has 4 rings (SSSR count). The largest absolute Gasteiger partial charge is 0.484 e. The van der Waals surface area contributed by atoms with E-state index in [4.69, 9.17) is 14.7 Å². The molecule has 0 saturated heterocycles. The highest BCUT2D eigenvalue weighted by Gasteiger charge is 2.15.